The van der Waals surface area contributed by atoms with E-state index < -0.39 is 17.7 Å². The largest absolute Gasteiger partial charge is 0.475 e. The van der Waals surface area contributed by atoms with Crippen LogP contribution >= 0.6 is 0 Å². The standard InChI is InChI=1S/C16H24N4O5/c1-15(2,3)25-14(24)17-9-16(5-6-16)7-11(21)18-10-8-20(4)12(19-10)13(22)23/h8H,5-7,9H2,1-4H3,(H,17,24)(H,18,21)(H,22,23). The lowest BCUT2D eigenvalue weighted by molar-refractivity contribution is -0.117. The summed E-state index contributed by atoms with van der Waals surface area (Å²) in [5, 5.41) is 14.3. The van der Waals surface area contributed by atoms with Gasteiger partial charge in [0, 0.05) is 26.2 Å². The van der Waals surface area contributed by atoms with Crippen LogP contribution < -0.4 is 10.6 Å². The molecular formula is C16H24N4O5. The molecule has 0 aromatic carbocycles. The Kier molecular flexibility index (Phi) is 5.05. The monoisotopic (exact) mass is 352 g/mol. The van der Waals surface area contributed by atoms with Crippen molar-refractivity contribution in [2.75, 3.05) is 11.9 Å². The number of carbonyl (C=O) groups is 3. The highest BCUT2D eigenvalue weighted by Crippen LogP contribution is 2.48. The van der Waals surface area contributed by atoms with Crippen LogP contribution in [0.1, 0.15) is 50.7 Å². The molecule has 9 heteroatoms. The molecular weight excluding hydrogens is 328 g/mol. The van der Waals surface area contributed by atoms with Gasteiger partial charge < -0.3 is 25.0 Å². The van der Waals surface area contributed by atoms with Crippen LogP contribution in [0.25, 0.3) is 0 Å². The van der Waals surface area contributed by atoms with Crippen LogP contribution in [-0.2, 0) is 16.6 Å². The third kappa shape index (κ3) is 5.47. The molecule has 0 spiro atoms. The predicted octanol–water partition coefficient (Wildman–Crippen LogP) is 1.75. The maximum Gasteiger partial charge on any atom is 0.407 e. The van der Waals surface area contributed by atoms with Crippen LogP contribution in [0.15, 0.2) is 6.20 Å². The number of imidazole rings is 1. The van der Waals surface area contributed by atoms with Crippen LogP contribution in [0.5, 0.6) is 0 Å². The maximum atomic E-state index is 12.2. The lowest BCUT2D eigenvalue weighted by Crippen LogP contribution is -2.36. The minimum absolute atomic E-state index is 0.150. The number of carboxylic acids is 1. The summed E-state index contributed by atoms with van der Waals surface area (Å²) < 4.78 is 6.51. The molecule has 2 rings (SSSR count). The molecule has 1 fully saturated rings. The van der Waals surface area contributed by atoms with Crippen LogP contribution in [-0.4, -0.2) is 44.8 Å². The first kappa shape index (κ1) is 18.8. The number of ether oxygens (including phenoxy) is 1. The number of amides is 2. The van der Waals surface area contributed by atoms with Crippen molar-refractivity contribution >= 4 is 23.8 Å². The van der Waals surface area contributed by atoms with Gasteiger partial charge in [-0.3, -0.25) is 4.79 Å². The fraction of sp³-hybridized carbons (Fsp3) is 0.625. The van der Waals surface area contributed by atoms with Gasteiger partial charge in [0.2, 0.25) is 11.7 Å². The number of rotatable bonds is 6. The minimum atomic E-state index is -1.16. The maximum absolute atomic E-state index is 12.2. The molecule has 9 nitrogen and oxygen atoms in total. The number of alkyl carbamates (subject to hydrolysis) is 1. The molecule has 3 N–H and O–H groups in total. The molecule has 1 heterocycles. The number of nitrogens with one attached hydrogen (secondary N) is 2. The highest BCUT2D eigenvalue weighted by atomic mass is 16.6. The second kappa shape index (κ2) is 6.73. The van der Waals surface area contributed by atoms with E-state index in [1.54, 1.807) is 27.8 Å². The van der Waals surface area contributed by atoms with E-state index in [1.807, 2.05) is 0 Å². The summed E-state index contributed by atoms with van der Waals surface area (Å²) in [5.74, 6) is -1.38. The second-order valence-corrected chi connectivity index (χ2v) is 7.45. The molecule has 25 heavy (non-hydrogen) atoms. The van der Waals surface area contributed by atoms with E-state index in [-0.39, 0.29) is 29.4 Å². The highest BCUT2D eigenvalue weighted by molar-refractivity contribution is 5.91. The number of hydrogen-bond acceptors (Lipinski definition) is 5. The zero-order valence-electron chi connectivity index (χ0n) is 14.9. The average molecular weight is 352 g/mol. The summed E-state index contributed by atoms with van der Waals surface area (Å²) in [4.78, 5) is 38.7. The topological polar surface area (TPSA) is 123 Å². The summed E-state index contributed by atoms with van der Waals surface area (Å²) in [7, 11) is 1.54. The Morgan fingerprint density at radius 3 is 2.48 bits per heavy atom. The number of carboxylic acid groups (broad SMARTS) is 1. The van der Waals surface area contributed by atoms with Gasteiger partial charge in [-0.25, -0.2) is 14.6 Å². The van der Waals surface area contributed by atoms with Crippen molar-refractivity contribution < 1.29 is 24.2 Å². The van der Waals surface area contributed by atoms with Crippen LogP contribution in [0.3, 0.4) is 0 Å². The van der Waals surface area contributed by atoms with E-state index in [0.29, 0.717) is 6.54 Å². The normalized spacial score (nSPS) is 15.4. The average Bonchev–Trinajstić information content (AvgIpc) is 3.10. The summed E-state index contributed by atoms with van der Waals surface area (Å²) in [5.41, 5.74) is -0.843. The molecule has 138 valence electrons. The summed E-state index contributed by atoms with van der Waals surface area (Å²) in [6.45, 7) is 5.71. The minimum Gasteiger partial charge on any atom is -0.475 e. The summed E-state index contributed by atoms with van der Waals surface area (Å²) in [6.07, 6.45) is 2.83. The number of aryl methyl sites for hydroxylation is 1. The number of aromatic carboxylic acids is 1. The van der Waals surface area contributed by atoms with E-state index in [9.17, 15) is 14.4 Å². The number of hydrogen-bond donors (Lipinski definition) is 3. The molecule has 0 aliphatic heterocycles. The lowest BCUT2D eigenvalue weighted by atomic mass is 10.0. The van der Waals surface area contributed by atoms with Gasteiger partial charge in [-0.2, -0.15) is 0 Å². The number of carbonyl (C=O) groups excluding carboxylic acids is 2. The van der Waals surface area contributed by atoms with Crippen LogP contribution in [0, 0.1) is 5.41 Å². The molecule has 0 saturated heterocycles. The Hall–Kier alpha value is -2.58. The first-order valence-electron chi connectivity index (χ1n) is 8.03. The van der Waals surface area contributed by atoms with Gasteiger partial charge in [-0.15, -0.1) is 0 Å². The van der Waals surface area contributed by atoms with E-state index in [0.717, 1.165) is 12.8 Å². The van der Waals surface area contributed by atoms with Gasteiger partial charge >= 0.3 is 12.1 Å². The third-order valence-corrected chi connectivity index (χ3v) is 3.83. The van der Waals surface area contributed by atoms with Crippen molar-refractivity contribution in [1.29, 1.82) is 0 Å². The second-order valence-electron chi connectivity index (χ2n) is 7.45. The molecule has 0 unspecified atom stereocenters. The first-order chi connectivity index (χ1) is 11.5. The van der Waals surface area contributed by atoms with Crippen LogP contribution in [0.2, 0.25) is 0 Å². The molecule has 1 saturated carbocycles. The number of anilines is 1. The predicted molar refractivity (Wildman–Crippen MR) is 89.3 cm³/mol. The van der Waals surface area contributed by atoms with Gasteiger partial charge in [0.25, 0.3) is 0 Å². The molecule has 1 aliphatic carbocycles. The lowest BCUT2D eigenvalue weighted by Gasteiger charge is -2.21. The first-order valence-corrected chi connectivity index (χ1v) is 8.03. The fourth-order valence-corrected chi connectivity index (χ4v) is 2.42. The van der Waals surface area contributed by atoms with Gasteiger partial charge in [0.15, 0.2) is 5.82 Å². The third-order valence-electron chi connectivity index (χ3n) is 3.83. The quantitative estimate of drug-likeness (QED) is 0.717. The fourth-order valence-electron chi connectivity index (χ4n) is 2.42. The Labute approximate surface area is 145 Å². The number of nitrogens with zero attached hydrogens (tertiary/aromatic N) is 2. The van der Waals surface area contributed by atoms with Crippen molar-refractivity contribution in [3.63, 3.8) is 0 Å². The van der Waals surface area contributed by atoms with E-state index in [1.165, 1.54) is 10.8 Å². The zero-order chi connectivity index (χ0) is 18.8. The Bertz CT molecular complexity index is 685. The van der Waals surface area contributed by atoms with Crippen LogP contribution in [0.4, 0.5) is 10.6 Å². The van der Waals surface area contributed by atoms with Crippen molar-refractivity contribution in [2.24, 2.45) is 12.5 Å². The molecule has 1 aromatic rings. The SMILES string of the molecule is Cn1cc(NC(=O)CC2(CNC(=O)OC(C)(C)C)CC2)nc1C(=O)O. The Morgan fingerprint density at radius 2 is 2.00 bits per heavy atom. The van der Waals surface area contributed by atoms with E-state index in [4.69, 9.17) is 9.84 Å². The molecule has 0 radical (unpaired) electrons. The smallest absolute Gasteiger partial charge is 0.407 e. The Morgan fingerprint density at radius 1 is 1.36 bits per heavy atom. The molecule has 2 amide bonds. The van der Waals surface area contributed by atoms with Gasteiger partial charge in [0.1, 0.15) is 5.60 Å². The number of aromatic nitrogens is 2. The van der Waals surface area contributed by atoms with Crippen molar-refractivity contribution in [3.05, 3.63) is 12.0 Å². The molecule has 0 bridgehead atoms. The van der Waals surface area contributed by atoms with E-state index in [2.05, 4.69) is 15.6 Å². The molecule has 0 atom stereocenters. The van der Waals surface area contributed by atoms with Crippen molar-refractivity contribution in [1.82, 2.24) is 14.9 Å². The highest BCUT2D eigenvalue weighted by Gasteiger charge is 2.44. The molecule has 1 aromatic heterocycles. The van der Waals surface area contributed by atoms with Gasteiger partial charge in [-0.05, 0) is 39.0 Å². The summed E-state index contributed by atoms with van der Waals surface area (Å²) in [6, 6.07) is 0. The summed E-state index contributed by atoms with van der Waals surface area (Å²) >= 11 is 0. The van der Waals surface area contributed by atoms with Crippen molar-refractivity contribution in [2.45, 2.75) is 45.6 Å². The van der Waals surface area contributed by atoms with Gasteiger partial charge in [-0.1, -0.05) is 0 Å². The Balaban J connectivity index is 1.84. The zero-order valence-corrected chi connectivity index (χ0v) is 14.9. The molecule has 1 aliphatic rings. The van der Waals surface area contributed by atoms with Gasteiger partial charge in [0.05, 0.1) is 0 Å². The van der Waals surface area contributed by atoms with Crippen molar-refractivity contribution in [3.8, 4) is 0 Å². The van der Waals surface area contributed by atoms with E-state index >= 15 is 0 Å².